The molecule has 0 spiro atoms. The molecule has 0 aliphatic heterocycles. The van der Waals surface area contributed by atoms with Crippen LogP contribution in [0.1, 0.15) is 11.1 Å². The van der Waals surface area contributed by atoms with E-state index in [4.69, 9.17) is 0 Å². The number of aromatic nitrogens is 2. The van der Waals surface area contributed by atoms with E-state index >= 15 is 0 Å². The van der Waals surface area contributed by atoms with Crippen molar-refractivity contribution in [3.63, 3.8) is 0 Å². The Hall–Kier alpha value is -2.15. The Morgan fingerprint density at radius 3 is 2.10 bits per heavy atom. The fraction of sp³-hybridized carbons (Fsp3) is 0.231. The van der Waals surface area contributed by atoms with Crippen molar-refractivity contribution >= 4 is 21.7 Å². The quantitative estimate of drug-likeness (QED) is 0.899. The Kier molecular flexibility index (Phi) is 3.89. The van der Waals surface area contributed by atoms with Crippen molar-refractivity contribution in [3.8, 4) is 0 Å². The third-order valence-electron chi connectivity index (χ3n) is 2.88. The Morgan fingerprint density at radius 2 is 1.60 bits per heavy atom. The predicted molar refractivity (Wildman–Crippen MR) is 78.3 cm³/mol. The van der Waals surface area contributed by atoms with Crippen LogP contribution >= 0.6 is 0 Å². The summed E-state index contributed by atoms with van der Waals surface area (Å²) in [4.78, 5) is 7.84. The molecule has 20 heavy (non-hydrogen) atoms. The lowest BCUT2D eigenvalue weighted by atomic mass is 10.1. The minimum atomic E-state index is -3.69. The lowest BCUT2D eigenvalue weighted by molar-refractivity contribution is 0.600. The highest BCUT2D eigenvalue weighted by Crippen LogP contribution is 2.23. The fourth-order valence-electron chi connectivity index (χ4n) is 1.75. The topological polar surface area (TPSA) is 84.0 Å². The highest BCUT2D eigenvalue weighted by molar-refractivity contribution is 7.92. The molecule has 0 unspecified atom stereocenters. The van der Waals surface area contributed by atoms with E-state index in [1.54, 1.807) is 7.05 Å². The van der Waals surface area contributed by atoms with Crippen LogP contribution in [0, 0.1) is 13.8 Å². The van der Waals surface area contributed by atoms with Gasteiger partial charge in [-0.15, -0.1) is 0 Å². The molecular formula is C13H16N4O2S. The molecule has 2 N–H and O–H groups in total. The maximum absolute atomic E-state index is 12.3. The van der Waals surface area contributed by atoms with E-state index in [-0.39, 0.29) is 4.90 Å². The van der Waals surface area contributed by atoms with Gasteiger partial charge in [-0.25, -0.2) is 18.4 Å². The number of nitrogens with one attached hydrogen (secondary N) is 2. The summed E-state index contributed by atoms with van der Waals surface area (Å²) in [5, 5.41) is 2.74. The Morgan fingerprint density at radius 1 is 1.05 bits per heavy atom. The number of sulfonamides is 1. The molecule has 1 aromatic carbocycles. The van der Waals surface area contributed by atoms with Crippen molar-refractivity contribution in [3.05, 3.63) is 41.7 Å². The zero-order valence-corrected chi connectivity index (χ0v) is 12.3. The van der Waals surface area contributed by atoms with Crippen LogP contribution in [0.5, 0.6) is 0 Å². The number of para-hydroxylation sites is 1. The number of hydrogen-bond acceptors (Lipinski definition) is 5. The van der Waals surface area contributed by atoms with Crippen molar-refractivity contribution in [2.24, 2.45) is 0 Å². The zero-order chi connectivity index (χ0) is 14.8. The maximum atomic E-state index is 12.3. The largest absolute Gasteiger partial charge is 0.357 e. The van der Waals surface area contributed by atoms with E-state index in [2.05, 4.69) is 20.0 Å². The van der Waals surface area contributed by atoms with E-state index in [1.165, 1.54) is 12.4 Å². The van der Waals surface area contributed by atoms with Gasteiger partial charge in [-0.2, -0.15) is 0 Å². The second kappa shape index (κ2) is 5.46. The molecule has 0 aliphatic rings. The first-order valence-corrected chi connectivity index (χ1v) is 7.51. The molecule has 6 nitrogen and oxygen atoms in total. The summed E-state index contributed by atoms with van der Waals surface area (Å²) in [6.07, 6.45) is 2.55. The van der Waals surface area contributed by atoms with E-state index in [1.807, 2.05) is 32.0 Å². The van der Waals surface area contributed by atoms with Gasteiger partial charge in [0.15, 0.2) is 0 Å². The average Bonchev–Trinajstić information content (AvgIpc) is 2.43. The first kappa shape index (κ1) is 14.3. The standard InChI is InChI=1S/C13H16N4O2S/c1-9-5-4-6-10(2)12(9)17-20(18,19)11-7-15-13(14-3)16-8-11/h4-8,17H,1-3H3,(H,14,15,16). The van der Waals surface area contributed by atoms with Crippen LogP contribution in [0.25, 0.3) is 0 Å². The zero-order valence-electron chi connectivity index (χ0n) is 11.5. The Balaban J connectivity index is 2.35. The van der Waals surface area contributed by atoms with Crippen LogP contribution in [0.15, 0.2) is 35.5 Å². The number of anilines is 2. The smallest absolute Gasteiger partial charge is 0.264 e. The summed E-state index contributed by atoms with van der Waals surface area (Å²) in [6, 6.07) is 5.59. The summed E-state index contributed by atoms with van der Waals surface area (Å²) >= 11 is 0. The van der Waals surface area contributed by atoms with Gasteiger partial charge in [-0.3, -0.25) is 4.72 Å². The monoisotopic (exact) mass is 292 g/mol. The number of aryl methyl sites for hydroxylation is 2. The van der Waals surface area contributed by atoms with Crippen molar-refractivity contribution in [1.82, 2.24) is 9.97 Å². The molecule has 1 heterocycles. The van der Waals surface area contributed by atoms with Crippen LogP contribution in [0.4, 0.5) is 11.6 Å². The van der Waals surface area contributed by atoms with Crippen LogP contribution in [0.3, 0.4) is 0 Å². The van der Waals surface area contributed by atoms with Crippen molar-refractivity contribution in [1.29, 1.82) is 0 Å². The molecule has 0 aliphatic carbocycles. The van der Waals surface area contributed by atoms with E-state index in [0.717, 1.165) is 11.1 Å². The first-order valence-electron chi connectivity index (χ1n) is 6.03. The van der Waals surface area contributed by atoms with Crippen molar-refractivity contribution in [2.75, 3.05) is 17.1 Å². The molecule has 0 saturated heterocycles. The predicted octanol–water partition coefficient (Wildman–Crippen LogP) is 1.94. The first-order chi connectivity index (χ1) is 9.44. The minimum Gasteiger partial charge on any atom is -0.357 e. The van der Waals surface area contributed by atoms with Gasteiger partial charge in [-0.1, -0.05) is 18.2 Å². The van der Waals surface area contributed by atoms with Crippen LogP contribution in [-0.4, -0.2) is 25.4 Å². The van der Waals surface area contributed by atoms with Gasteiger partial charge in [0.1, 0.15) is 4.90 Å². The molecule has 0 saturated carbocycles. The summed E-state index contributed by atoms with van der Waals surface area (Å²) in [5.41, 5.74) is 2.31. The second-order valence-corrected chi connectivity index (χ2v) is 6.05. The van der Waals surface area contributed by atoms with E-state index in [9.17, 15) is 8.42 Å². The lowest BCUT2D eigenvalue weighted by Crippen LogP contribution is -2.15. The molecule has 1 aromatic heterocycles. The van der Waals surface area contributed by atoms with Gasteiger partial charge in [0.25, 0.3) is 10.0 Å². The number of benzene rings is 1. The number of rotatable bonds is 4. The van der Waals surface area contributed by atoms with E-state index < -0.39 is 10.0 Å². The van der Waals surface area contributed by atoms with Gasteiger partial charge in [0.05, 0.1) is 18.1 Å². The average molecular weight is 292 g/mol. The molecule has 2 aromatic rings. The summed E-state index contributed by atoms with van der Waals surface area (Å²) in [7, 11) is -2.02. The van der Waals surface area contributed by atoms with Crippen LogP contribution in [-0.2, 0) is 10.0 Å². The third-order valence-corrected chi connectivity index (χ3v) is 4.18. The Bertz CT molecular complexity index is 691. The van der Waals surface area contributed by atoms with Gasteiger partial charge >= 0.3 is 0 Å². The van der Waals surface area contributed by atoms with Gasteiger partial charge < -0.3 is 5.32 Å². The molecule has 0 bridgehead atoms. The lowest BCUT2D eigenvalue weighted by Gasteiger charge is -2.12. The van der Waals surface area contributed by atoms with Gasteiger partial charge in [-0.05, 0) is 25.0 Å². The fourth-order valence-corrected chi connectivity index (χ4v) is 2.84. The van der Waals surface area contributed by atoms with Gasteiger partial charge in [0, 0.05) is 7.05 Å². The summed E-state index contributed by atoms with van der Waals surface area (Å²) < 4.78 is 27.2. The van der Waals surface area contributed by atoms with Gasteiger partial charge in [0.2, 0.25) is 5.95 Å². The van der Waals surface area contributed by atoms with E-state index in [0.29, 0.717) is 11.6 Å². The molecule has 0 atom stereocenters. The third kappa shape index (κ3) is 2.88. The molecular weight excluding hydrogens is 276 g/mol. The number of hydrogen-bond donors (Lipinski definition) is 2. The Labute approximate surface area is 118 Å². The summed E-state index contributed by atoms with van der Waals surface area (Å²) in [5.74, 6) is 0.371. The number of nitrogens with zero attached hydrogens (tertiary/aromatic N) is 2. The molecule has 7 heteroatoms. The van der Waals surface area contributed by atoms with Crippen molar-refractivity contribution < 1.29 is 8.42 Å². The molecule has 106 valence electrons. The minimum absolute atomic E-state index is 0.0270. The van der Waals surface area contributed by atoms with Crippen LogP contribution in [0.2, 0.25) is 0 Å². The SMILES string of the molecule is CNc1ncc(S(=O)(=O)Nc2c(C)cccc2C)cn1. The highest BCUT2D eigenvalue weighted by Gasteiger charge is 2.17. The van der Waals surface area contributed by atoms with Crippen LogP contribution < -0.4 is 10.0 Å². The molecule has 0 amide bonds. The van der Waals surface area contributed by atoms with Crippen molar-refractivity contribution in [2.45, 2.75) is 18.7 Å². The maximum Gasteiger partial charge on any atom is 0.264 e. The molecule has 2 rings (SSSR count). The molecule has 0 radical (unpaired) electrons. The summed E-state index contributed by atoms with van der Waals surface area (Å²) in [6.45, 7) is 3.71. The highest BCUT2D eigenvalue weighted by atomic mass is 32.2. The second-order valence-electron chi connectivity index (χ2n) is 4.36. The molecule has 0 fully saturated rings. The normalized spacial score (nSPS) is 11.2.